The summed E-state index contributed by atoms with van der Waals surface area (Å²) in [6.45, 7) is 4.28. The number of hydrogen-bond donors (Lipinski definition) is 1. The number of benzene rings is 1. The first-order chi connectivity index (χ1) is 18.2. The molecule has 187 valence electrons. The quantitative estimate of drug-likeness (QED) is 0.309. The van der Waals surface area contributed by atoms with Gasteiger partial charge in [0.1, 0.15) is 17.4 Å². The van der Waals surface area contributed by atoms with Crippen LogP contribution in [-0.2, 0) is 11.2 Å². The second-order valence-corrected chi connectivity index (χ2v) is 9.86. The van der Waals surface area contributed by atoms with Crippen molar-refractivity contribution < 1.29 is 9.37 Å². The second-order valence-electron chi connectivity index (χ2n) is 9.60. The van der Waals surface area contributed by atoms with Gasteiger partial charge in [0.05, 0.1) is 25.0 Å². The van der Waals surface area contributed by atoms with Crippen LogP contribution < -0.4 is 5.32 Å². The highest BCUT2D eigenvalue weighted by Crippen LogP contribution is 2.37. The molecule has 3 aliphatic heterocycles. The summed E-state index contributed by atoms with van der Waals surface area (Å²) in [4.78, 5) is 14.0. The Kier molecular flexibility index (Phi) is 6.46. The molecule has 1 fully saturated rings. The van der Waals surface area contributed by atoms with Gasteiger partial charge in [-0.1, -0.05) is 30.7 Å². The van der Waals surface area contributed by atoms with Crippen LogP contribution in [0.5, 0.6) is 0 Å². The summed E-state index contributed by atoms with van der Waals surface area (Å²) in [6, 6.07) is 12.2. The molecule has 0 aliphatic carbocycles. The van der Waals surface area contributed by atoms with Crippen molar-refractivity contribution in [3.63, 3.8) is 0 Å². The van der Waals surface area contributed by atoms with Gasteiger partial charge < -0.3 is 9.79 Å². The number of amidine groups is 1. The van der Waals surface area contributed by atoms with Gasteiger partial charge in [-0.25, -0.2) is 4.68 Å². The molecule has 1 radical (unpaired) electrons. The summed E-state index contributed by atoms with van der Waals surface area (Å²) in [5, 5.41) is 11.6. The molecule has 0 atom stereocenters. The van der Waals surface area contributed by atoms with Crippen molar-refractivity contribution >= 4 is 42.2 Å². The molecule has 37 heavy (non-hydrogen) atoms. The van der Waals surface area contributed by atoms with Crippen molar-refractivity contribution in [2.24, 2.45) is 0 Å². The average molecular weight is 514 g/mol. The molecule has 3 aromatic rings. The Bertz CT molecular complexity index is 1430. The summed E-state index contributed by atoms with van der Waals surface area (Å²) in [7, 11) is 2.17. The van der Waals surface area contributed by atoms with E-state index in [9.17, 15) is 4.79 Å². The van der Waals surface area contributed by atoms with E-state index < -0.39 is 0 Å². The lowest BCUT2D eigenvalue weighted by molar-refractivity contribution is -0.539. The Hall–Kier alpha value is -3.59. The molecule has 8 nitrogen and oxygen atoms in total. The van der Waals surface area contributed by atoms with E-state index in [1.807, 2.05) is 35.1 Å². The number of nitrogens with one attached hydrogen (secondary N) is 1. The first-order valence-corrected chi connectivity index (χ1v) is 13.5. The molecule has 0 saturated carbocycles. The Labute approximate surface area is 222 Å². The maximum absolute atomic E-state index is 11.8. The SMILES string of the molecule is CCCc1cn(-c2ccc3n2[B]N2C(=C3c3ccc(NC(=O)CCl)cc3)C=CC2=[N+]2CCCCC2)nn1. The second kappa shape index (κ2) is 10.1. The fourth-order valence-corrected chi connectivity index (χ4v) is 5.40. The molecule has 1 saturated heterocycles. The largest absolute Gasteiger partial charge is 0.553 e. The lowest BCUT2D eigenvalue weighted by atomic mass is 9.91. The van der Waals surface area contributed by atoms with Crippen LogP contribution in [0.2, 0.25) is 0 Å². The van der Waals surface area contributed by atoms with E-state index in [0.717, 1.165) is 65.7 Å². The molecule has 5 heterocycles. The number of anilines is 1. The number of carbonyl (C=O) groups is 1. The van der Waals surface area contributed by atoms with Gasteiger partial charge >= 0.3 is 7.55 Å². The Morgan fingerprint density at radius 3 is 2.68 bits per heavy atom. The van der Waals surface area contributed by atoms with Gasteiger partial charge in [-0.15, -0.1) is 16.7 Å². The van der Waals surface area contributed by atoms with Crippen LogP contribution in [0, 0.1) is 0 Å². The van der Waals surface area contributed by atoms with Gasteiger partial charge in [-0.2, -0.15) is 0 Å². The summed E-state index contributed by atoms with van der Waals surface area (Å²) >= 11 is 5.66. The predicted molar refractivity (Wildman–Crippen MR) is 146 cm³/mol. The van der Waals surface area contributed by atoms with E-state index in [1.165, 1.54) is 25.1 Å². The van der Waals surface area contributed by atoms with Crippen molar-refractivity contribution in [1.29, 1.82) is 0 Å². The number of halogens is 1. The van der Waals surface area contributed by atoms with E-state index >= 15 is 0 Å². The van der Waals surface area contributed by atoms with E-state index in [-0.39, 0.29) is 11.8 Å². The van der Waals surface area contributed by atoms with Crippen LogP contribution >= 0.6 is 11.6 Å². The lowest BCUT2D eigenvalue weighted by Crippen LogP contribution is -2.43. The van der Waals surface area contributed by atoms with Crippen molar-refractivity contribution in [2.45, 2.75) is 39.0 Å². The maximum Gasteiger partial charge on any atom is 0.553 e. The van der Waals surface area contributed by atoms with Gasteiger partial charge in [0.15, 0.2) is 0 Å². The molecule has 6 rings (SSSR count). The number of alkyl halides is 1. The van der Waals surface area contributed by atoms with E-state index in [2.05, 4.69) is 68.3 Å². The minimum atomic E-state index is -0.219. The molecule has 1 aromatic carbocycles. The van der Waals surface area contributed by atoms with Gasteiger partial charge in [0, 0.05) is 23.0 Å². The molecule has 0 unspecified atom stereocenters. The van der Waals surface area contributed by atoms with Crippen LogP contribution in [0.25, 0.3) is 11.4 Å². The highest BCUT2D eigenvalue weighted by molar-refractivity contribution is 6.40. The van der Waals surface area contributed by atoms with Gasteiger partial charge in [0.2, 0.25) is 5.91 Å². The highest BCUT2D eigenvalue weighted by atomic mass is 35.5. The number of hydrogen-bond acceptors (Lipinski definition) is 3. The Balaban J connectivity index is 1.45. The number of aryl methyl sites for hydroxylation is 1. The number of rotatable bonds is 6. The molecular weight excluding hydrogens is 485 g/mol. The average Bonchev–Trinajstić information content (AvgIpc) is 3.67. The summed E-state index contributed by atoms with van der Waals surface area (Å²) in [5.74, 6) is 1.86. The van der Waals surface area contributed by atoms with Crippen LogP contribution in [0.3, 0.4) is 0 Å². The monoisotopic (exact) mass is 513 g/mol. The highest BCUT2D eigenvalue weighted by Gasteiger charge is 2.40. The van der Waals surface area contributed by atoms with Crippen molar-refractivity contribution in [3.8, 4) is 5.82 Å². The smallest absolute Gasteiger partial charge is 0.329 e. The molecule has 0 bridgehead atoms. The maximum atomic E-state index is 11.8. The van der Waals surface area contributed by atoms with E-state index in [1.54, 1.807) is 0 Å². The standard InChI is InChI=1S/C27H28BClN7O/c1-2-6-21-18-34(32-31-21)26-14-12-23-27(19-7-9-20(10-8-19)30-24(37)17-29)22-11-13-25(35(22)28-36(23)26)33-15-4-3-5-16-33/h7-14,18H,2-6,15-17H2,1H3/p+1. The number of fused-ring (bicyclic) bond motifs is 2. The van der Waals surface area contributed by atoms with Crippen LogP contribution in [0.15, 0.2) is 60.4 Å². The van der Waals surface area contributed by atoms with Gasteiger partial charge in [-0.05, 0) is 61.6 Å². The number of amides is 1. The first-order valence-electron chi connectivity index (χ1n) is 12.9. The molecule has 1 N–H and O–H groups in total. The summed E-state index contributed by atoms with van der Waals surface area (Å²) in [5.41, 5.74) is 6.13. The third kappa shape index (κ3) is 4.41. The van der Waals surface area contributed by atoms with E-state index in [4.69, 9.17) is 11.6 Å². The van der Waals surface area contributed by atoms with Crippen LogP contribution in [0.1, 0.15) is 49.6 Å². The number of carbonyl (C=O) groups excluding carboxylic acids is 1. The normalized spacial score (nSPS) is 16.6. The number of piperidine rings is 1. The van der Waals surface area contributed by atoms with Crippen molar-refractivity contribution in [3.05, 3.63) is 77.4 Å². The lowest BCUT2D eigenvalue weighted by Gasteiger charge is -2.27. The molecule has 3 aliphatic rings. The Morgan fingerprint density at radius 2 is 1.92 bits per heavy atom. The number of nitrogens with zero attached hydrogens (tertiary/aromatic N) is 6. The van der Waals surface area contributed by atoms with Gasteiger partial charge in [-0.3, -0.25) is 14.2 Å². The third-order valence-corrected chi connectivity index (χ3v) is 7.32. The predicted octanol–water partition coefficient (Wildman–Crippen LogP) is 3.82. The molecule has 0 spiro atoms. The zero-order valence-electron chi connectivity index (χ0n) is 20.9. The fraction of sp³-hybridized carbons (Fsp3) is 0.333. The molecular formula is C27H29BClN7O+. The molecule has 1 amide bonds. The van der Waals surface area contributed by atoms with Crippen molar-refractivity contribution in [2.75, 3.05) is 24.3 Å². The van der Waals surface area contributed by atoms with Gasteiger partial charge in [0.25, 0.3) is 5.84 Å². The van der Waals surface area contributed by atoms with E-state index in [0.29, 0.717) is 0 Å². The fourth-order valence-electron chi connectivity index (χ4n) is 5.33. The molecule has 10 heteroatoms. The van der Waals surface area contributed by atoms with Crippen LogP contribution in [-0.4, -0.2) is 67.1 Å². The molecule has 2 aromatic heterocycles. The Morgan fingerprint density at radius 1 is 1.11 bits per heavy atom. The first kappa shape index (κ1) is 23.8. The third-order valence-electron chi connectivity index (χ3n) is 7.08. The summed E-state index contributed by atoms with van der Waals surface area (Å²) < 4.78 is 6.54. The minimum absolute atomic E-state index is 0.0691. The van der Waals surface area contributed by atoms with Crippen molar-refractivity contribution in [1.82, 2.24) is 24.3 Å². The number of aromatic nitrogens is 4. The number of allylic oxidation sites excluding steroid dienone is 1. The zero-order chi connectivity index (χ0) is 25.4. The van der Waals surface area contributed by atoms with Crippen LogP contribution in [0.4, 0.5) is 5.69 Å². The zero-order valence-corrected chi connectivity index (χ0v) is 21.7. The summed E-state index contributed by atoms with van der Waals surface area (Å²) in [6.07, 6.45) is 12.1. The topological polar surface area (TPSA) is 71.0 Å². The minimum Gasteiger partial charge on any atom is -0.329 e.